The van der Waals surface area contributed by atoms with Crippen LogP contribution in [0.5, 0.6) is 0 Å². The van der Waals surface area contributed by atoms with Gasteiger partial charge in [-0.1, -0.05) is 19.1 Å². The number of nitrogens with one attached hydrogen (secondary N) is 1. The van der Waals surface area contributed by atoms with Crippen molar-refractivity contribution in [3.63, 3.8) is 0 Å². The third-order valence-corrected chi connectivity index (χ3v) is 4.30. The van der Waals surface area contributed by atoms with E-state index in [0.717, 1.165) is 0 Å². The fourth-order valence-corrected chi connectivity index (χ4v) is 2.51. The Kier molecular flexibility index (Phi) is 5.88. The highest BCUT2D eigenvalue weighted by Gasteiger charge is 2.20. The van der Waals surface area contributed by atoms with Crippen molar-refractivity contribution in [2.45, 2.75) is 20.8 Å². The molecule has 0 heterocycles. The van der Waals surface area contributed by atoms with E-state index in [1.165, 1.54) is 0 Å². The van der Waals surface area contributed by atoms with E-state index >= 15 is 0 Å². The van der Waals surface area contributed by atoms with Crippen molar-refractivity contribution in [3.05, 3.63) is 34.4 Å². The predicted molar refractivity (Wildman–Crippen MR) is 78.8 cm³/mol. The van der Waals surface area contributed by atoms with Gasteiger partial charge in [0.25, 0.3) is 5.91 Å². The van der Waals surface area contributed by atoms with E-state index < -0.39 is 22.7 Å². The van der Waals surface area contributed by atoms with Gasteiger partial charge in [0, 0.05) is 28.9 Å². The Balaban J connectivity index is 2.95. The number of hydrogen-bond acceptors (Lipinski definition) is 3. The highest BCUT2D eigenvalue weighted by atomic mass is 32.2. The molecule has 20 heavy (non-hydrogen) atoms. The minimum atomic E-state index is -1.12. The molecule has 110 valence electrons. The van der Waals surface area contributed by atoms with E-state index in [0.29, 0.717) is 22.6 Å². The van der Waals surface area contributed by atoms with Crippen LogP contribution in [0.1, 0.15) is 38.8 Å². The maximum absolute atomic E-state index is 12.1. The summed E-state index contributed by atoms with van der Waals surface area (Å²) in [4.78, 5) is 23.4. The van der Waals surface area contributed by atoms with Crippen LogP contribution in [0.4, 0.5) is 0 Å². The summed E-state index contributed by atoms with van der Waals surface area (Å²) in [5.41, 5.74) is 1.37. The number of hydrogen-bond donors (Lipinski definition) is 2. The van der Waals surface area contributed by atoms with Crippen LogP contribution < -0.4 is 5.32 Å². The van der Waals surface area contributed by atoms with Crippen LogP contribution in [0.25, 0.3) is 0 Å². The van der Waals surface area contributed by atoms with Crippen molar-refractivity contribution in [3.8, 4) is 0 Å². The second kappa shape index (κ2) is 7.19. The minimum Gasteiger partial charge on any atom is -0.478 e. The molecule has 1 rings (SSSR count). The summed E-state index contributed by atoms with van der Waals surface area (Å²) >= 11 is 0. The van der Waals surface area contributed by atoms with Gasteiger partial charge in [0.1, 0.15) is 0 Å². The molecule has 0 aliphatic rings. The van der Waals surface area contributed by atoms with E-state index in [4.69, 9.17) is 0 Å². The largest absolute Gasteiger partial charge is 0.478 e. The lowest BCUT2D eigenvalue weighted by Gasteiger charge is -2.12. The molecule has 0 fully saturated rings. The van der Waals surface area contributed by atoms with Gasteiger partial charge in [-0.2, -0.15) is 0 Å². The Morgan fingerprint density at radius 3 is 2.25 bits per heavy atom. The third kappa shape index (κ3) is 3.90. The van der Waals surface area contributed by atoms with Crippen LogP contribution in [-0.4, -0.2) is 39.2 Å². The maximum Gasteiger partial charge on any atom is 0.336 e. The van der Waals surface area contributed by atoms with E-state index in [-0.39, 0.29) is 17.7 Å². The highest BCUT2D eigenvalue weighted by molar-refractivity contribution is 7.84. The Labute approximate surface area is 120 Å². The molecule has 1 amide bonds. The van der Waals surface area contributed by atoms with Crippen LogP contribution in [0, 0.1) is 13.8 Å². The number of carboxylic acids is 1. The molecule has 0 bridgehead atoms. The number of carboxylic acid groups (broad SMARTS) is 1. The normalized spacial score (nSPS) is 11.9. The molecule has 0 radical (unpaired) electrons. The molecule has 0 aliphatic carbocycles. The lowest BCUT2D eigenvalue weighted by molar-refractivity contribution is 0.0690. The van der Waals surface area contributed by atoms with Gasteiger partial charge in [-0.25, -0.2) is 4.79 Å². The molecule has 6 heteroatoms. The van der Waals surface area contributed by atoms with Gasteiger partial charge < -0.3 is 10.4 Å². The quantitative estimate of drug-likeness (QED) is 0.833. The fourth-order valence-electron chi connectivity index (χ4n) is 1.89. The first-order valence-corrected chi connectivity index (χ1v) is 7.84. The molecule has 1 unspecified atom stereocenters. The van der Waals surface area contributed by atoms with Crippen molar-refractivity contribution in [2.24, 2.45) is 0 Å². The summed E-state index contributed by atoms with van der Waals surface area (Å²) in [6.07, 6.45) is 0. The van der Waals surface area contributed by atoms with E-state index in [2.05, 4.69) is 5.32 Å². The number of amides is 1. The number of carbonyl (C=O) groups excluding carboxylic acids is 1. The summed E-state index contributed by atoms with van der Waals surface area (Å²) < 4.78 is 11.3. The topological polar surface area (TPSA) is 83.5 Å². The summed E-state index contributed by atoms with van der Waals surface area (Å²) in [5, 5.41) is 11.9. The molecule has 0 aliphatic heterocycles. The number of carbonyl (C=O) groups is 2. The van der Waals surface area contributed by atoms with Gasteiger partial charge in [-0.05, 0) is 25.0 Å². The maximum atomic E-state index is 12.1. The lowest BCUT2D eigenvalue weighted by Crippen LogP contribution is -2.30. The van der Waals surface area contributed by atoms with Gasteiger partial charge in [0.05, 0.1) is 11.1 Å². The number of benzene rings is 1. The molecular formula is C14H19NO4S. The Hall–Kier alpha value is -1.69. The first-order chi connectivity index (χ1) is 9.38. The Bertz CT molecular complexity index is 554. The lowest BCUT2D eigenvalue weighted by atomic mass is 9.96. The van der Waals surface area contributed by atoms with Crippen LogP contribution >= 0.6 is 0 Å². The van der Waals surface area contributed by atoms with Crippen molar-refractivity contribution < 1.29 is 18.9 Å². The van der Waals surface area contributed by atoms with Gasteiger partial charge >= 0.3 is 5.97 Å². The van der Waals surface area contributed by atoms with Crippen LogP contribution in [0.2, 0.25) is 0 Å². The zero-order valence-corrected chi connectivity index (χ0v) is 12.7. The number of rotatable bonds is 6. The van der Waals surface area contributed by atoms with Crippen LogP contribution in [0.15, 0.2) is 12.1 Å². The Morgan fingerprint density at radius 1 is 1.20 bits per heavy atom. The molecule has 0 saturated carbocycles. The highest BCUT2D eigenvalue weighted by Crippen LogP contribution is 2.18. The van der Waals surface area contributed by atoms with Gasteiger partial charge in [-0.15, -0.1) is 0 Å². The summed E-state index contributed by atoms with van der Waals surface area (Å²) in [6, 6.07) is 3.41. The molecule has 1 aromatic rings. The molecule has 0 saturated heterocycles. The zero-order chi connectivity index (χ0) is 15.3. The van der Waals surface area contributed by atoms with Crippen molar-refractivity contribution in [2.75, 3.05) is 18.1 Å². The number of aryl methyl sites for hydroxylation is 2. The summed E-state index contributed by atoms with van der Waals surface area (Å²) in [6.45, 7) is 5.44. The van der Waals surface area contributed by atoms with E-state index in [9.17, 15) is 18.9 Å². The summed E-state index contributed by atoms with van der Waals surface area (Å²) in [5.74, 6) is -0.639. The third-order valence-electron chi connectivity index (χ3n) is 3.00. The van der Waals surface area contributed by atoms with Crippen LogP contribution in [-0.2, 0) is 10.8 Å². The number of aromatic carboxylic acids is 1. The molecule has 2 N–H and O–H groups in total. The smallest absolute Gasteiger partial charge is 0.336 e. The molecular weight excluding hydrogens is 278 g/mol. The average Bonchev–Trinajstić information content (AvgIpc) is 2.40. The monoisotopic (exact) mass is 297 g/mol. The first-order valence-electron chi connectivity index (χ1n) is 6.35. The second-order valence-corrected chi connectivity index (χ2v) is 6.31. The standard InChI is InChI=1S/C14H19NO4S/c1-4-20(19)8-7-15-13(16)11-9(2)5-6-10(3)12(11)14(17)18/h5-6H,4,7-8H2,1-3H3,(H,15,16)(H,17,18). The SMILES string of the molecule is CCS(=O)CCNC(=O)c1c(C)ccc(C)c1C(=O)O. The fraction of sp³-hybridized carbons (Fsp3) is 0.429. The van der Waals surface area contributed by atoms with Crippen LogP contribution in [0.3, 0.4) is 0 Å². The van der Waals surface area contributed by atoms with E-state index in [1.54, 1.807) is 26.0 Å². The minimum absolute atomic E-state index is 0.0270. The molecule has 0 spiro atoms. The van der Waals surface area contributed by atoms with Crippen molar-refractivity contribution in [1.29, 1.82) is 0 Å². The molecule has 1 aromatic carbocycles. The predicted octanol–water partition coefficient (Wildman–Crippen LogP) is 1.50. The molecule has 1 atom stereocenters. The molecule has 5 nitrogen and oxygen atoms in total. The van der Waals surface area contributed by atoms with Crippen molar-refractivity contribution in [1.82, 2.24) is 5.32 Å². The Morgan fingerprint density at radius 2 is 1.75 bits per heavy atom. The van der Waals surface area contributed by atoms with Gasteiger partial charge in [0.2, 0.25) is 0 Å². The zero-order valence-electron chi connectivity index (χ0n) is 11.9. The summed E-state index contributed by atoms with van der Waals surface area (Å²) in [7, 11) is -0.955. The van der Waals surface area contributed by atoms with Gasteiger partial charge in [0.15, 0.2) is 0 Å². The molecule has 0 aromatic heterocycles. The first kappa shape index (κ1) is 16.4. The van der Waals surface area contributed by atoms with E-state index in [1.807, 2.05) is 6.92 Å². The average molecular weight is 297 g/mol. The van der Waals surface area contributed by atoms with Gasteiger partial charge in [-0.3, -0.25) is 9.00 Å². The second-order valence-electron chi connectivity index (χ2n) is 4.44. The van der Waals surface area contributed by atoms with Crippen molar-refractivity contribution >= 4 is 22.7 Å².